The number of aliphatic hydroxyl groups is 3. The molecule has 3 unspecified atom stereocenters. The summed E-state index contributed by atoms with van der Waals surface area (Å²) < 4.78 is 0. The summed E-state index contributed by atoms with van der Waals surface area (Å²) in [6.45, 7) is 4.20. The van der Waals surface area contributed by atoms with Gasteiger partial charge in [-0.3, -0.25) is 4.79 Å². The van der Waals surface area contributed by atoms with Crippen molar-refractivity contribution >= 4 is 5.91 Å². The topological polar surface area (TPSA) is 89.8 Å². The molecule has 0 aromatic heterocycles. The van der Waals surface area contributed by atoms with Gasteiger partial charge in [-0.2, -0.15) is 0 Å². The number of carbonyl (C=O) groups excluding carboxylic acids is 1. The molecule has 0 bridgehead atoms. The number of rotatable bonds is 46. The van der Waals surface area contributed by atoms with E-state index in [1.807, 2.05) is 6.08 Å². The van der Waals surface area contributed by atoms with Crippen LogP contribution in [0.2, 0.25) is 0 Å². The normalized spacial score (nSPS) is 13.6. The first-order chi connectivity index (χ1) is 27.6. The van der Waals surface area contributed by atoms with Gasteiger partial charge in [0.25, 0.3) is 0 Å². The van der Waals surface area contributed by atoms with Crippen LogP contribution in [0.3, 0.4) is 0 Å². The van der Waals surface area contributed by atoms with Crippen LogP contribution in [0.15, 0.2) is 24.3 Å². The molecule has 0 rings (SSSR count). The number of hydrogen-bond acceptors (Lipinski definition) is 4. The largest absolute Gasteiger partial charge is 0.394 e. The van der Waals surface area contributed by atoms with E-state index in [4.69, 9.17) is 0 Å². The highest BCUT2D eigenvalue weighted by Gasteiger charge is 2.22. The van der Waals surface area contributed by atoms with Crippen molar-refractivity contribution in [2.75, 3.05) is 6.61 Å². The first-order valence-electron chi connectivity index (χ1n) is 25.2. The molecule has 0 aliphatic rings. The number of allylic oxidation sites excluding steroid dienone is 3. The van der Waals surface area contributed by atoms with Gasteiger partial charge in [-0.15, -0.1) is 0 Å². The van der Waals surface area contributed by atoms with Crippen LogP contribution in [0.4, 0.5) is 0 Å². The van der Waals surface area contributed by atoms with E-state index in [2.05, 4.69) is 31.3 Å². The number of nitrogens with one attached hydrogen (secondary N) is 1. The van der Waals surface area contributed by atoms with Gasteiger partial charge in [0, 0.05) is 0 Å². The Balaban J connectivity index is 3.60. The smallest absolute Gasteiger partial charge is 0.249 e. The van der Waals surface area contributed by atoms with E-state index in [-0.39, 0.29) is 6.61 Å². The van der Waals surface area contributed by atoms with Crippen LogP contribution in [0.1, 0.15) is 271 Å². The quantitative estimate of drug-likeness (QED) is 0.0365. The molecule has 0 spiro atoms. The number of aliphatic hydroxyl groups excluding tert-OH is 3. The van der Waals surface area contributed by atoms with E-state index >= 15 is 0 Å². The lowest BCUT2D eigenvalue weighted by molar-refractivity contribution is -0.131. The molecule has 0 aromatic rings. The van der Waals surface area contributed by atoms with Gasteiger partial charge in [0.1, 0.15) is 6.10 Å². The summed E-state index contributed by atoms with van der Waals surface area (Å²) in [5, 5.41) is 33.3. The van der Waals surface area contributed by atoms with Crippen LogP contribution in [0.5, 0.6) is 0 Å². The van der Waals surface area contributed by atoms with Gasteiger partial charge in [0.2, 0.25) is 5.91 Å². The average molecular weight is 790 g/mol. The predicted octanol–water partition coefficient (Wildman–Crippen LogP) is 14.9. The molecular weight excluding hydrogens is 691 g/mol. The van der Waals surface area contributed by atoms with Crippen LogP contribution < -0.4 is 5.32 Å². The van der Waals surface area contributed by atoms with Crippen molar-refractivity contribution in [1.82, 2.24) is 5.32 Å². The molecule has 5 heteroatoms. The molecule has 0 aliphatic carbocycles. The van der Waals surface area contributed by atoms with Gasteiger partial charge < -0.3 is 20.6 Å². The van der Waals surface area contributed by atoms with Gasteiger partial charge >= 0.3 is 0 Å². The highest BCUT2D eigenvalue weighted by atomic mass is 16.3. The van der Waals surface area contributed by atoms with Gasteiger partial charge in [-0.05, 0) is 44.9 Å². The Kier molecular flexibility index (Phi) is 45.5. The lowest BCUT2D eigenvalue weighted by Crippen LogP contribution is -2.48. The third-order valence-electron chi connectivity index (χ3n) is 11.8. The Labute approximate surface area is 350 Å². The van der Waals surface area contributed by atoms with Crippen molar-refractivity contribution in [3.8, 4) is 0 Å². The molecule has 0 saturated heterocycles. The first kappa shape index (κ1) is 54.8. The zero-order valence-electron chi connectivity index (χ0n) is 37.8. The lowest BCUT2D eigenvalue weighted by atomic mass is 10.0. The van der Waals surface area contributed by atoms with Gasteiger partial charge in [-0.1, -0.05) is 250 Å². The van der Waals surface area contributed by atoms with E-state index in [9.17, 15) is 20.1 Å². The minimum Gasteiger partial charge on any atom is -0.394 e. The SMILES string of the molecule is CCCCCCCCCCCCCC/C=C\CCCCCCCCCCCC(O)C(=O)NC(CO)C(O)/C=C/CCCCCCCCCCCCCCCCC. The third-order valence-corrected chi connectivity index (χ3v) is 11.8. The fourth-order valence-corrected chi connectivity index (χ4v) is 7.83. The molecule has 0 radical (unpaired) electrons. The Hall–Kier alpha value is -1.17. The minimum absolute atomic E-state index is 0.362. The van der Waals surface area contributed by atoms with E-state index in [0.717, 1.165) is 32.1 Å². The van der Waals surface area contributed by atoms with Crippen molar-refractivity contribution in [2.45, 2.75) is 289 Å². The van der Waals surface area contributed by atoms with Crippen LogP contribution >= 0.6 is 0 Å². The highest BCUT2D eigenvalue weighted by Crippen LogP contribution is 2.16. The number of hydrogen-bond donors (Lipinski definition) is 4. The monoisotopic (exact) mass is 790 g/mol. The van der Waals surface area contributed by atoms with Gasteiger partial charge in [0.05, 0.1) is 18.8 Å². The molecule has 332 valence electrons. The standard InChI is InChI=1S/C51H99NO4/c1-3-5-7-9-11-13-15-17-19-21-22-23-24-25-26-27-28-30-32-34-36-38-40-42-44-46-50(55)51(56)52-48(47-53)49(54)45-43-41-39-37-35-33-31-29-20-18-16-14-12-10-8-6-4-2/h25-26,43,45,48-50,53-55H,3-24,27-42,44,46-47H2,1-2H3,(H,52,56)/b26-25-,45-43+. The van der Waals surface area contributed by atoms with Crippen LogP contribution in [0.25, 0.3) is 0 Å². The summed E-state index contributed by atoms with van der Waals surface area (Å²) in [5.74, 6) is -0.502. The summed E-state index contributed by atoms with van der Waals surface area (Å²) in [5.41, 5.74) is 0. The predicted molar refractivity (Wildman–Crippen MR) is 245 cm³/mol. The Morgan fingerprint density at radius 1 is 0.429 bits per heavy atom. The first-order valence-corrected chi connectivity index (χ1v) is 25.2. The molecule has 0 aliphatic heterocycles. The second-order valence-corrected chi connectivity index (χ2v) is 17.4. The maximum Gasteiger partial charge on any atom is 0.249 e. The van der Waals surface area contributed by atoms with E-state index in [0.29, 0.717) is 6.42 Å². The molecular formula is C51H99NO4. The van der Waals surface area contributed by atoms with Crippen LogP contribution in [0, 0.1) is 0 Å². The van der Waals surface area contributed by atoms with E-state index in [1.165, 1.54) is 218 Å². The molecule has 0 fully saturated rings. The van der Waals surface area contributed by atoms with E-state index in [1.54, 1.807) is 6.08 Å². The second-order valence-electron chi connectivity index (χ2n) is 17.4. The van der Waals surface area contributed by atoms with Crippen LogP contribution in [-0.2, 0) is 4.79 Å². The average Bonchev–Trinajstić information content (AvgIpc) is 3.20. The molecule has 4 N–H and O–H groups in total. The molecule has 5 nitrogen and oxygen atoms in total. The lowest BCUT2D eigenvalue weighted by Gasteiger charge is -2.21. The maximum atomic E-state index is 12.5. The fourth-order valence-electron chi connectivity index (χ4n) is 7.83. The van der Waals surface area contributed by atoms with Crippen molar-refractivity contribution in [2.24, 2.45) is 0 Å². The Morgan fingerprint density at radius 2 is 0.714 bits per heavy atom. The summed E-state index contributed by atoms with van der Waals surface area (Å²) in [6, 6.07) is -0.797. The summed E-state index contributed by atoms with van der Waals surface area (Å²) >= 11 is 0. The Bertz CT molecular complexity index is 829. The number of unbranched alkanes of at least 4 members (excludes halogenated alkanes) is 36. The molecule has 0 aromatic carbocycles. The fraction of sp³-hybridized carbons (Fsp3) is 0.902. The van der Waals surface area contributed by atoms with Crippen molar-refractivity contribution < 1.29 is 20.1 Å². The van der Waals surface area contributed by atoms with Gasteiger partial charge in [0.15, 0.2) is 0 Å². The number of amides is 1. The number of carbonyl (C=O) groups is 1. The molecule has 56 heavy (non-hydrogen) atoms. The second kappa shape index (κ2) is 46.5. The summed E-state index contributed by atoms with van der Waals surface area (Å²) in [7, 11) is 0. The maximum absolute atomic E-state index is 12.5. The third kappa shape index (κ3) is 41.0. The van der Waals surface area contributed by atoms with E-state index < -0.39 is 24.2 Å². The molecule has 1 amide bonds. The molecule has 3 atom stereocenters. The molecule has 0 saturated carbocycles. The van der Waals surface area contributed by atoms with Gasteiger partial charge in [-0.25, -0.2) is 0 Å². The van der Waals surface area contributed by atoms with Crippen molar-refractivity contribution in [3.05, 3.63) is 24.3 Å². The zero-order valence-corrected chi connectivity index (χ0v) is 37.8. The Morgan fingerprint density at radius 3 is 1.04 bits per heavy atom. The summed E-state index contributed by atoms with van der Waals surface area (Å²) in [6.07, 6.45) is 58.0. The highest BCUT2D eigenvalue weighted by molar-refractivity contribution is 5.80. The van der Waals surface area contributed by atoms with Crippen molar-refractivity contribution in [1.29, 1.82) is 0 Å². The minimum atomic E-state index is -1.10. The van der Waals surface area contributed by atoms with Crippen LogP contribution in [-0.4, -0.2) is 46.1 Å². The summed E-state index contributed by atoms with van der Waals surface area (Å²) in [4.78, 5) is 12.5. The molecule has 0 heterocycles. The van der Waals surface area contributed by atoms with Crippen molar-refractivity contribution in [3.63, 3.8) is 0 Å². The zero-order chi connectivity index (χ0) is 40.8.